The van der Waals surface area contributed by atoms with Crippen molar-refractivity contribution in [1.82, 2.24) is 10.3 Å². The fourth-order valence-corrected chi connectivity index (χ4v) is 2.19. The fourth-order valence-electron chi connectivity index (χ4n) is 2.19. The fraction of sp³-hybridized carbons (Fsp3) is 0.312. The van der Waals surface area contributed by atoms with Gasteiger partial charge in [0.15, 0.2) is 0 Å². The van der Waals surface area contributed by atoms with Crippen molar-refractivity contribution in [3.8, 4) is 0 Å². The third kappa shape index (κ3) is 3.82. The second kappa shape index (κ2) is 6.26. The van der Waals surface area contributed by atoms with Gasteiger partial charge in [-0.1, -0.05) is 24.3 Å². The highest BCUT2D eigenvalue weighted by Gasteiger charge is 2.30. The number of hydrogen-bond acceptors (Lipinski definition) is 2. The van der Waals surface area contributed by atoms with Gasteiger partial charge in [0.05, 0.1) is 17.3 Å². The van der Waals surface area contributed by atoms with E-state index >= 15 is 0 Å². The molecule has 2 aromatic rings. The third-order valence-corrected chi connectivity index (χ3v) is 3.50. The van der Waals surface area contributed by atoms with Crippen LogP contribution in [0.3, 0.4) is 0 Å². The Balaban J connectivity index is 2.20. The number of halogens is 3. The Kier molecular flexibility index (Phi) is 4.63. The van der Waals surface area contributed by atoms with Crippen molar-refractivity contribution in [3.63, 3.8) is 0 Å². The van der Waals surface area contributed by atoms with E-state index in [0.717, 1.165) is 23.4 Å². The number of aryl methyl sites for hydroxylation is 1. The molecule has 0 saturated heterocycles. The lowest BCUT2D eigenvalue weighted by molar-refractivity contribution is -0.137. The van der Waals surface area contributed by atoms with Crippen LogP contribution in [-0.2, 0) is 12.6 Å². The van der Waals surface area contributed by atoms with Gasteiger partial charge in [-0.15, -0.1) is 0 Å². The zero-order valence-corrected chi connectivity index (χ0v) is 11.9. The quantitative estimate of drug-likeness (QED) is 0.924. The number of nitrogens with zero attached hydrogens (tertiary/aromatic N) is 1. The van der Waals surface area contributed by atoms with E-state index in [0.29, 0.717) is 12.1 Å². The van der Waals surface area contributed by atoms with E-state index in [1.54, 1.807) is 7.05 Å². The van der Waals surface area contributed by atoms with E-state index in [9.17, 15) is 13.2 Å². The van der Waals surface area contributed by atoms with E-state index in [4.69, 9.17) is 0 Å². The maximum atomic E-state index is 12.5. The Morgan fingerprint density at radius 3 is 2.38 bits per heavy atom. The molecule has 0 spiro atoms. The van der Waals surface area contributed by atoms with Crippen LogP contribution in [0, 0.1) is 6.92 Å². The van der Waals surface area contributed by atoms with Crippen molar-refractivity contribution in [2.75, 3.05) is 7.05 Å². The normalized spacial score (nSPS) is 13.2. The molecule has 1 atom stereocenters. The molecule has 5 heteroatoms. The van der Waals surface area contributed by atoms with Gasteiger partial charge >= 0.3 is 6.18 Å². The van der Waals surface area contributed by atoms with Crippen LogP contribution >= 0.6 is 0 Å². The van der Waals surface area contributed by atoms with Crippen molar-refractivity contribution < 1.29 is 13.2 Å². The van der Waals surface area contributed by atoms with Gasteiger partial charge in [-0.2, -0.15) is 13.2 Å². The van der Waals surface area contributed by atoms with Crippen molar-refractivity contribution in [2.24, 2.45) is 0 Å². The highest BCUT2D eigenvalue weighted by Crippen LogP contribution is 2.29. The summed E-state index contributed by atoms with van der Waals surface area (Å²) in [6.07, 6.45) is -2.78. The molecular formula is C16H17F3N2. The van der Waals surface area contributed by atoms with Crippen LogP contribution in [0.5, 0.6) is 0 Å². The average molecular weight is 294 g/mol. The second-order valence-electron chi connectivity index (χ2n) is 4.94. The zero-order valence-electron chi connectivity index (χ0n) is 11.9. The molecule has 0 aliphatic rings. The molecule has 112 valence electrons. The van der Waals surface area contributed by atoms with Gasteiger partial charge in [0.2, 0.25) is 0 Å². The minimum atomic E-state index is -4.35. The van der Waals surface area contributed by atoms with Crippen LogP contribution in [0.25, 0.3) is 0 Å². The Labute approximate surface area is 122 Å². The maximum absolute atomic E-state index is 12.5. The first-order valence-corrected chi connectivity index (χ1v) is 6.66. The molecule has 2 rings (SSSR count). The van der Waals surface area contributed by atoms with Gasteiger partial charge in [-0.3, -0.25) is 4.98 Å². The summed E-state index contributed by atoms with van der Waals surface area (Å²) in [5.41, 5.74) is 2.19. The lowest BCUT2D eigenvalue weighted by atomic mass is 9.99. The van der Waals surface area contributed by atoms with Crippen molar-refractivity contribution in [3.05, 3.63) is 65.0 Å². The standard InChI is InChI=1S/C16H17F3N2/c1-11-5-3-4-6-12(11)9-15(20-2)14-8-7-13(10-21-14)16(17,18)19/h3-8,10,15,20H,9H2,1-2H3. The summed E-state index contributed by atoms with van der Waals surface area (Å²) in [6, 6.07) is 10.3. The smallest absolute Gasteiger partial charge is 0.311 e. The van der Waals surface area contributed by atoms with Crippen LogP contribution in [0.15, 0.2) is 42.6 Å². The summed E-state index contributed by atoms with van der Waals surface area (Å²) >= 11 is 0. The molecule has 1 heterocycles. The molecule has 0 bridgehead atoms. The number of alkyl halides is 3. The Morgan fingerprint density at radius 1 is 1.14 bits per heavy atom. The van der Waals surface area contributed by atoms with Crippen LogP contribution in [0.2, 0.25) is 0 Å². The van der Waals surface area contributed by atoms with Gasteiger partial charge in [0, 0.05) is 6.20 Å². The van der Waals surface area contributed by atoms with E-state index in [1.165, 1.54) is 6.07 Å². The minimum absolute atomic E-state index is 0.117. The van der Waals surface area contributed by atoms with Crippen LogP contribution < -0.4 is 5.32 Å². The third-order valence-electron chi connectivity index (χ3n) is 3.50. The summed E-state index contributed by atoms with van der Waals surface area (Å²) in [4.78, 5) is 3.96. The summed E-state index contributed by atoms with van der Waals surface area (Å²) in [6.45, 7) is 2.02. The van der Waals surface area contributed by atoms with E-state index in [-0.39, 0.29) is 6.04 Å². The molecule has 1 unspecified atom stereocenters. The van der Waals surface area contributed by atoms with Gasteiger partial charge in [-0.05, 0) is 43.7 Å². The SMILES string of the molecule is CNC(Cc1ccccc1C)c1ccc(C(F)(F)F)cn1. The van der Waals surface area contributed by atoms with E-state index < -0.39 is 11.7 Å². The predicted octanol–water partition coefficient (Wildman–Crippen LogP) is 3.91. The molecule has 21 heavy (non-hydrogen) atoms. The van der Waals surface area contributed by atoms with Crippen LogP contribution in [-0.4, -0.2) is 12.0 Å². The topological polar surface area (TPSA) is 24.9 Å². The Hall–Kier alpha value is -1.88. The van der Waals surface area contributed by atoms with Gasteiger partial charge in [-0.25, -0.2) is 0 Å². The highest BCUT2D eigenvalue weighted by atomic mass is 19.4. The molecule has 0 aliphatic heterocycles. The first-order valence-electron chi connectivity index (χ1n) is 6.66. The van der Waals surface area contributed by atoms with E-state index in [2.05, 4.69) is 10.3 Å². The van der Waals surface area contributed by atoms with E-state index in [1.807, 2.05) is 31.2 Å². The number of hydrogen-bond donors (Lipinski definition) is 1. The van der Waals surface area contributed by atoms with Crippen LogP contribution in [0.4, 0.5) is 13.2 Å². The number of likely N-dealkylation sites (N-methyl/N-ethyl adjacent to an activating group) is 1. The number of aromatic nitrogens is 1. The Bertz CT molecular complexity index is 591. The summed E-state index contributed by atoms with van der Waals surface area (Å²) < 4.78 is 37.6. The number of rotatable bonds is 4. The maximum Gasteiger partial charge on any atom is 0.417 e. The molecule has 0 saturated carbocycles. The van der Waals surface area contributed by atoms with Crippen molar-refractivity contribution in [1.29, 1.82) is 0 Å². The van der Waals surface area contributed by atoms with Crippen molar-refractivity contribution >= 4 is 0 Å². The Morgan fingerprint density at radius 2 is 1.86 bits per heavy atom. The van der Waals surface area contributed by atoms with Gasteiger partial charge in [0.25, 0.3) is 0 Å². The largest absolute Gasteiger partial charge is 0.417 e. The second-order valence-corrected chi connectivity index (χ2v) is 4.94. The molecule has 0 fully saturated rings. The first kappa shape index (κ1) is 15.5. The average Bonchev–Trinajstić information content (AvgIpc) is 2.46. The lowest BCUT2D eigenvalue weighted by Crippen LogP contribution is -2.20. The van der Waals surface area contributed by atoms with Crippen LogP contribution in [0.1, 0.15) is 28.4 Å². The lowest BCUT2D eigenvalue weighted by Gasteiger charge is -2.17. The molecule has 1 aromatic carbocycles. The molecule has 0 amide bonds. The zero-order chi connectivity index (χ0) is 15.5. The number of pyridine rings is 1. The summed E-state index contributed by atoms with van der Waals surface area (Å²) in [5, 5.41) is 3.11. The van der Waals surface area contributed by atoms with Gasteiger partial charge in [0.1, 0.15) is 0 Å². The predicted molar refractivity (Wildman–Crippen MR) is 75.9 cm³/mol. The molecule has 1 aromatic heterocycles. The highest BCUT2D eigenvalue weighted by molar-refractivity contribution is 5.28. The summed E-state index contributed by atoms with van der Waals surface area (Å²) in [5.74, 6) is 0. The first-order chi connectivity index (χ1) is 9.91. The molecule has 0 radical (unpaired) electrons. The monoisotopic (exact) mass is 294 g/mol. The minimum Gasteiger partial charge on any atom is -0.311 e. The number of nitrogens with one attached hydrogen (secondary N) is 1. The number of benzene rings is 1. The van der Waals surface area contributed by atoms with Crippen molar-refractivity contribution in [2.45, 2.75) is 25.6 Å². The van der Waals surface area contributed by atoms with Gasteiger partial charge < -0.3 is 5.32 Å². The molecule has 1 N–H and O–H groups in total. The molecule has 0 aliphatic carbocycles. The molecule has 2 nitrogen and oxygen atoms in total. The summed E-state index contributed by atoms with van der Waals surface area (Å²) in [7, 11) is 1.78. The molecular weight excluding hydrogens is 277 g/mol.